The number of rotatable bonds is 3. The van der Waals surface area contributed by atoms with E-state index in [0.29, 0.717) is 0 Å². The Morgan fingerprint density at radius 3 is 3.00 bits per heavy atom. The molecule has 0 radical (unpaired) electrons. The van der Waals surface area contributed by atoms with Crippen molar-refractivity contribution in [2.24, 2.45) is 11.8 Å². The summed E-state index contributed by atoms with van der Waals surface area (Å²) in [5.74, 6) is 4.64. The van der Waals surface area contributed by atoms with Gasteiger partial charge in [0.1, 0.15) is 0 Å². The van der Waals surface area contributed by atoms with Crippen molar-refractivity contribution in [1.29, 1.82) is 0 Å². The van der Waals surface area contributed by atoms with Gasteiger partial charge in [0, 0.05) is 0 Å². The Bertz CT molecular complexity index is 89.3. The molecule has 0 aliphatic carbocycles. The Morgan fingerprint density at radius 2 is 2.50 bits per heavy atom. The monoisotopic (exact) mass is 159 g/mol. The second kappa shape index (κ2) is 4.24. The maximum absolute atomic E-state index is 3.24. The Morgan fingerprint density at radius 1 is 1.70 bits per heavy atom. The predicted octanol–water partition coefficient (Wildman–Crippen LogP) is 1.59. The lowest BCUT2D eigenvalue weighted by molar-refractivity contribution is 0.385. The molecule has 0 bridgehead atoms. The molecule has 1 rings (SSSR count). The lowest BCUT2D eigenvalue weighted by Gasteiger charge is -2.16. The average Bonchev–Trinajstić information content (AvgIpc) is 2.38. The molecule has 1 aliphatic heterocycles. The SMILES string of the molecule is CNCC(C)C1CCSC1. The van der Waals surface area contributed by atoms with Gasteiger partial charge in [-0.15, -0.1) is 0 Å². The molecule has 1 saturated heterocycles. The zero-order valence-corrected chi connectivity index (χ0v) is 7.71. The van der Waals surface area contributed by atoms with Gasteiger partial charge in [0.2, 0.25) is 0 Å². The van der Waals surface area contributed by atoms with Crippen molar-refractivity contribution >= 4 is 11.8 Å². The lowest BCUT2D eigenvalue weighted by atomic mass is 9.94. The van der Waals surface area contributed by atoms with Crippen LogP contribution in [0, 0.1) is 11.8 Å². The highest BCUT2D eigenvalue weighted by Gasteiger charge is 2.20. The van der Waals surface area contributed by atoms with Crippen LogP contribution in [0.4, 0.5) is 0 Å². The fraction of sp³-hybridized carbons (Fsp3) is 1.00. The van der Waals surface area contributed by atoms with Crippen molar-refractivity contribution in [3.63, 3.8) is 0 Å². The van der Waals surface area contributed by atoms with Crippen molar-refractivity contribution < 1.29 is 0 Å². The Hall–Kier alpha value is 0.310. The standard InChI is InChI=1S/C8H17NS/c1-7(5-9-2)8-3-4-10-6-8/h7-9H,3-6H2,1-2H3. The summed E-state index contributed by atoms with van der Waals surface area (Å²) < 4.78 is 0. The summed E-state index contributed by atoms with van der Waals surface area (Å²) in [5.41, 5.74) is 0. The first kappa shape index (κ1) is 8.41. The van der Waals surface area contributed by atoms with Crippen LogP contribution >= 0.6 is 11.8 Å². The molecule has 0 aromatic heterocycles. The topological polar surface area (TPSA) is 12.0 Å². The molecule has 10 heavy (non-hydrogen) atoms. The number of hydrogen-bond acceptors (Lipinski definition) is 2. The van der Waals surface area contributed by atoms with Crippen LogP contribution in [0.25, 0.3) is 0 Å². The van der Waals surface area contributed by atoms with Crippen molar-refractivity contribution in [2.75, 3.05) is 25.1 Å². The molecule has 0 saturated carbocycles. The van der Waals surface area contributed by atoms with Crippen LogP contribution in [0.3, 0.4) is 0 Å². The van der Waals surface area contributed by atoms with Gasteiger partial charge in [-0.25, -0.2) is 0 Å². The van der Waals surface area contributed by atoms with Crippen LogP contribution in [0.15, 0.2) is 0 Å². The maximum atomic E-state index is 3.24. The highest BCUT2D eigenvalue weighted by Crippen LogP contribution is 2.28. The fourth-order valence-corrected chi connectivity index (χ4v) is 2.92. The number of thioether (sulfide) groups is 1. The highest BCUT2D eigenvalue weighted by molar-refractivity contribution is 7.99. The third-order valence-corrected chi connectivity index (χ3v) is 3.48. The number of hydrogen-bond donors (Lipinski definition) is 1. The van der Waals surface area contributed by atoms with Crippen LogP contribution < -0.4 is 5.32 Å². The Kier molecular flexibility index (Phi) is 3.57. The normalized spacial score (nSPS) is 28.8. The van der Waals surface area contributed by atoms with Gasteiger partial charge in [-0.05, 0) is 43.4 Å². The van der Waals surface area contributed by atoms with Crippen LogP contribution in [0.2, 0.25) is 0 Å². The molecule has 1 aliphatic rings. The Labute approximate surface area is 68.0 Å². The third-order valence-electron chi connectivity index (χ3n) is 2.30. The van der Waals surface area contributed by atoms with Crippen LogP contribution in [-0.2, 0) is 0 Å². The van der Waals surface area contributed by atoms with E-state index >= 15 is 0 Å². The van der Waals surface area contributed by atoms with Crippen molar-refractivity contribution in [3.05, 3.63) is 0 Å². The van der Waals surface area contributed by atoms with Crippen molar-refractivity contribution in [1.82, 2.24) is 5.32 Å². The van der Waals surface area contributed by atoms with E-state index in [2.05, 4.69) is 24.0 Å². The highest BCUT2D eigenvalue weighted by atomic mass is 32.2. The summed E-state index contributed by atoms with van der Waals surface area (Å²) >= 11 is 2.11. The van der Waals surface area contributed by atoms with Crippen LogP contribution in [0.5, 0.6) is 0 Å². The molecule has 1 fully saturated rings. The summed E-state index contributed by atoms with van der Waals surface area (Å²) in [7, 11) is 2.04. The molecule has 0 spiro atoms. The largest absolute Gasteiger partial charge is 0.319 e. The van der Waals surface area contributed by atoms with Gasteiger partial charge >= 0.3 is 0 Å². The molecule has 60 valence electrons. The molecule has 0 aromatic carbocycles. The first-order chi connectivity index (χ1) is 4.84. The molecule has 1 heterocycles. The lowest BCUT2D eigenvalue weighted by Crippen LogP contribution is -2.23. The van der Waals surface area contributed by atoms with Gasteiger partial charge in [0.15, 0.2) is 0 Å². The predicted molar refractivity (Wildman–Crippen MR) is 48.5 cm³/mol. The minimum atomic E-state index is 0.875. The maximum Gasteiger partial charge on any atom is -0.00232 e. The van der Waals surface area contributed by atoms with Crippen molar-refractivity contribution in [3.8, 4) is 0 Å². The summed E-state index contributed by atoms with van der Waals surface area (Å²) in [6.07, 6.45) is 1.44. The quantitative estimate of drug-likeness (QED) is 0.671. The van der Waals surface area contributed by atoms with E-state index < -0.39 is 0 Å². The molecule has 0 aromatic rings. The van der Waals surface area contributed by atoms with Gasteiger partial charge in [-0.3, -0.25) is 0 Å². The van der Waals surface area contributed by atoms with Gasteiger partial charge < -0.3 is 5.32 Å². The molecule has 2 heteroatoms. The Balaban J connectivity index is 2.18. The van der Waals surface area contributed by atoms with Crippen LogP contribution in [0.1, 0.15) is 13.3 Å². The second-order valence-corrected chi connectivity index (χ2v) is 4.31. The van der Waals surface area contributed by atoms with Crippen molar-refractivity contribution in [2.45, 2.75) is 13.3 Å². The zero-order valence-electron chi connectivity index (χ0n) is 6.89. The summed E-state index contributed by atoms with van der Waals surface area (Å²) in [5, 5.41) is 3.24. The molecule has 2 atom stereocenters. The van der Waals surface area contributed by atoms with E-state index in [1.165, 1.54) is 24.5 Å². The molecule has 1 nitrogen and oxygen atoms in total. The molecule has 0 amide bonds. The van der Waals surface area contributed by atoms with Gasteiger partial charge in [-0.1, -0.05) is 6.92 Å². The van der Waals surface area contributed by atoms with Gasteiger partial charge in [0.05, 0.1) is 0 Å². The smallest absolute Gasteiger partial charge is 0.00232 e. The molecule has 1 N–H and O–H groups in total. The van der Waals surface area contributed by atoms with E-state index in [0.717, 1.165) is 11.8 Å². The average molecular weight is 159 g/mol. The van der Waals surface area contributed by atoms with E-state index in [9.17, 15) is 0 Å². The molecule has 2 unspecified atom stereocenters. The third kappa shape index (κ3) is 2.17. The first-order valence-electron chi connectivity index (χ1n) is 4.07. The number of nitrogens with one attached hydrogen (secondary N) is 1. The summed E-state index contributed by atoms with van der Waals surface area (Å²) in [6, 6.07) is 0. The zero-order chi connectivity index (χ0) is 7.40. The minimum Gasteiger partial charge on any atom is -0.319 e. The summed E-state index contributed by atoms with van der Waals surface area (Å²) in [4.78, 5) is 0. The fourth-order valence-electron chi connectivity index (χ4n) is 1.49. The minimum absolute atomic E-state index is 0.875. The van der Waals surface area contributed by atoms with E-state index in [4.69, 9.17) is 0 Å². The molecular formula is C8H17NS. The van der Waals surface area contributed by atoms with Gasteiger partial charge in [-0.2, -0.15) is 11.8 Å². The van der Waals surface area contributed by atoms with Gasteiger partial charge in [0.25, 0.3) is 0 Å². The summed E-state index contributed by atoms with van der Waals surface area (Å²) in [6.45, 7) is 3.54. The first-order valence-corrected chi connectivity index (χ1v) is 5.22. The molecular weight excluding hydrogens is 142 g/mol. The second-order valence-electron chi connectivity index (χ2n) is 3.16. The van der Waals surface area contributed by atoms with Crippen LogP contribution in [-0.4, -0.2) is 25.1 Å². The van der Waals surface area contributed by atoms with E-state index in [-0.39, 0.29) is 0 Å². The van der Waals surface area contributed by atoms with E-state index in [1.54, 1.807) is 0 Å². The van der Waals surface area contributed by atoms with E-state index in [1.807, 2.05) is 7.05 Å².